The second-order valence-corrected chi connectivity index (χ2v) is 7.07. The van der Waals surface area contributed by atoms with Crippen molar-refractivity contribution in [3.05, 3.63) is 60.7 Å². The van der Waals surface area contributed by atoms with E-state index in [1.807, 2.05) is 60.7 Å². The van der Waals surface area contributed by atoms with Crippen LogP contribution in [-0.4, -0.2) is 24.9 Å². The van der Waals surface area contributed by atoms with Crippen molar-refractivity contribution in [1.82, 2.24) is 0 Å². The predicted molar refractivity (Wildman–Crippen MR) is 105 cm³/mol. The number of anilines is 1. The number of carbonyl (C=O) groups is 1. The maximum absolute atomic E-state index is 12.4. The smallest absolute Gasteiger partial charge is 0.234 e. The molecule has 0 unspecified atom stereocenters. The molecule has 3 aromatic rings. The summed E-state index contributed by atoms with van der Waals surface area (Å²) < 4.78 is 11.3. The highest BCUT2D eigenvalue weighted by Crippen LogP contribution is 2.34. The van der Waals surface area contributed by atoms with Crippen molar-refractivity contribution in [1.29, 1.82) is 0 Å². The number of fused-ring (bicyclic) bond motifs is 2. The molecule has 0 aliphatic carbocycles. The lowest BCUT2D eigenvalue weighted by Gasteiger charge is -2.10. The minimum atomic E-state index is -0.0292. The third kappa shape index (κ3) is 3.78. The molecule has 0 fully saturated rings. The molecule has 26 heavy (non-hydrogen) atoms. The zero-order valence-electron chi connectivity index (χ0n) is 14.2. The Balaban J connectivity index is 1.42. The van der Waals surface area contributed by atoms with E-state index >= 15 is 0 Å². The Labute approximate surface area is 156 Å². The van der Waals surface area contributed by atoms with Crippen molar-refractivity contribution in [3.8, 4) is 11.5 Å². The fourth-order valence-corrected chi connectivity index (χ4v) is 3.63. The summed E-state index contributed by atoms with van der Waals surface area (Å²) >= 11 is 1.49. The van der Waals surface area contributed by atoms with Crippen LogP contribution in [0.1, 0.15) is 6.42 Å². The number of benzene rings is 3. The molecule has 1 heterocycles. The number of amides is 1. The van der Waals surface area contributed by atoms with Gasteiger partial charge in [0.05, 0.1) is 19.0 Å². The summed E-state index contributed by atoms with van der Waals surface area (Å²) in [5.41, 5.74) is 0.840. The Bertz CT molecular complexity index is 936. The Hall–Kier alpha value is -2.66. The summed E-state index contributed by atoms with van der Waals surface area (Å²) in [4.78, 5) is 13.4. The SMILES string of the molecule is O=C(CSc1ccc2c(c1)OCCCO2)Nc1cccc2ccccc12. The number of rotatable bonds is 4. The molecule has 0 bridgehead atoms. The zero-order valence-corrected chi connectivity index (χ0v) is 15.1. The number of carbonyl (C=O) groups excluding carboxylic acids is 1. The summed E-state index contributed by atoms with van der Waals surface area (Å²) in [5, 5.41) is 5.17. The lowest BCUT2D eigenvalue weighted by Crippen LogP contribution is -2.14. The van der Waals surface area contributed by atoms with Gasteiger partial charge in [-0.05, 0) is 29.7 Å². The quantitative estimate of drug-likeness (QED) is 0.679. The van der Waals surface area contributed by atoms with Gasteiger partial charge >= 0.3 is 0 Å². The van der Waals surface area contributed by atoms with E-state index in [0.29, 0.717) is 19.0 Å². The summed E-state index contributed by atoms with van der Waals surface area (Å²) in [6, 6.07) is 19.8. The van der Waals surface area contributed by atoms with Crippen LogP contribution in [-0.2, 0) is 4.79 Å². The molecule has 0 saturated carbocycles. The third-order valence-electron chi connectivity index (χ3n) is 4.15. The summed E-state index contributed by atoms with van der Waals surface area (Å²) in [6.45, 7) is 1.33. The molecule has 3 aromatic carbocycles. The van der Waals surface area contributed by atoms with Gasteiger partial charge in [-0.25, -0.2) is 0 Å². The summed E-state index contributed by atoms with van der Waals surface area (Å²) in [6.07, 6.45) is 0.880. The van der Waals surface area contributed by atoms with E-state index in [9.17, 15) is 4.79 Å². The van der Waals surface area contributed by atoms with E-state index in [0.717, 1.165) is 39.3 Å². The minimum Gasteiger partial charge on any atom is -0.490 e. The molecular weight excluding hydrogens is 346 g/mol. The van der Waals surface area contributed by atoms with Gasteiger partial charge in [-0.1, -0.05) is 36.4 Å². The van der Waals surface area contributed by atoms with Crippen LogP contribution >= 0.6 is 11.8 Å². The van der Waals surface area contributed by atoms with Crippen LogP contribution in [0.25, 0.3) is 10.8 Å². The largest absolute Gasteiger partial charge is 0.490 e. The average molecular weight is 365 g/mol. The topological polar surface area (TPSA) is 47.6 Å². The summed E-state index contributed by atoms with van der Waals surface area (Å²) in [7, 11) is 0. The first-order valence-electron chi connectivity index (χ1n) is 8.60. The van der Waals surface area contributed by atoms with Crippen molar-refractivity contribution in [3.63, 3.8) is 0 Å². The van der Waals surface area contributed by atoms with Crippen LogP contribution in [0.4, 0.5) is 5.69 Å². The lowest BCUT2D eigenvalue weighted by molar-refractivity contribution is -0.113. The fraction of sp³-hybridized carbons (Fsp3) is 0.190. The molecule has 0 aromatic heterocycles. The van der Waals surface area contributed by atoms with Crippen molar-refractivity contribution < 1.29 is 14.3 Å². The molecule has 0 radical (unpaired) electrons. The van der Waals surface area contributed by atoms with Crippen molar-refractivity contribution in [2.45, 2.75) is 11.3 Å². The summed E-state index contributed by atoms with van der Waals surface area (Å²) in [5.74, 6) is 1.83. The van der Waals surface area contributed by atoms with Crippen LogP contribution in [0, 0.1) is 0 Å². The maximum atomic E-state index is 12.4. The van der Waals surface area contributed by atoms with E-state index in [1.165, 1.54) is 11.8 Å². The number of hydrogen-bond donors (Lipinski definition) is 1. The van der Waals surface area contributed by atoms with Gasteiger partial charge in [0.2, 0.25) is 5.91 Å². The molecule has 1 aliphatic heterocycles. The Morgan fingerprint density at radius 3 is 2.69 bits per heavy atom. The first-order chi connectivity index (χ1) is 12.8. The van der Waals surface area contributed by atoms with E-state index < -0.39 is 0 Å². The standard InChI is InChI=1S/C21H19NO3S/c23-21(22-18-8-3-6-15-5-1-2-7-17(15)18)14-26-16-9-10-19-20(13-16)25-12-4-11-24-19/h1-3,5-10,13H,4,11-12,14H2,(H,22,23). The van der Waals surface area contributed by atoms with Crippen LogP contribution < -0.4 is 14.8 Å². The zero-order chi connectivity index (χ0) is 17.8. The number of ether oxygens (including phenoxy) is 2. The van der Waals surface area contributed by atoms with Crippen molar-refractivity contribution in [2.24, 2.45) is 0 Å². The van der Waals surface area contributed by atoms with Gasteiger partial charge < -0.3 is 14.8 Å². The Kier molecular flexibility index (Phi) is 4.97. The van der Waals surface area contributed by atoms with Gasteiger partial charge in [-0.2, -0.15) is 0 Å². The van der Waals surface area contributed by atoms with E-state index in [-0.39, 0.29) is 5.91 Å². The van der Waals surface area contributed by atoms with Crippen LogP contribution in [0.15, 0.2) is 65.6 Å². The molecule has 1 aliphatic rings. The third-order valence-corrected chi connectivity index (χ3v) is 5.15. The van der Waals surface area contributed by atoms with E-state index in [1.54, 1.807) is 0 Å². The molecule has 0 saturated heterocycles. The monoisotopic (exact) mass is 365 g/mol. The van der Waals surface area contributed by atoms with E-state index in [4.69, 9.17) is 9.47 Å². The molecule has 1 amide bonds. The molecule has 132 valence electrons. The second kappa shape index (κ2) is 7.70. The predicted octanol–water partition coefficient (Wildman–Crippen LogP) is 4.73. The van der Waals surface area contributed by atoms with Gasteiger partial charge in [0.25, 0.3) is 0 Å². The molecule has 5 heteroatoms. The number of nitrogens with one attached hydrogen (secondary N) is 1. The molecular formula is C21H19NO3S. The fourth-order valence-electron chi connectivity index (χ4n) is 2.90. The molecule has 0 atom stereocenters. The van der Waals surface area contributed by atoms with Crippen LogP contribution in [0.2, 0.25) is 0 Å². The molecule has 1 N–H and O–H groups in total. The lowest BCUT2D eigenvalue weighted by atomic mass is 10.1. The highest BCUT2D eigenvalue weighted by Gasteiger charge is 2.12. The van der Waals surface area contributed by atoms with E-state index in [2.05, 4.69) is 5.32 Å². The van der Waals surface area contributed by atoms with Crippen LogP contribution in [0.3, 0.4) is 0 Å². The molecule has 0 spiro atoms. The Morgan fingerprint density at radius 1 is 0.962 bits per heavy atom. The van der Waals surface area contributed by atoms with Crippen molar-refractivity contribution >= 4 is 34.1 Å². The molecule has 4 rings (SSSR count). The normalized spacial score (nSPS) is 13.2. The van der Waals surface area contributed by atoms with Crippen LogP contribution in [0.5, 0.6) is 11.5 Å². The van der Waals surface area contributed by atoms with Gasteiger partial charge in [0.15, 0.2) is 11.5 Å². The first-order valence-corrected chi connectivity index (χ1v) is 9.58. The number of thioether (sulfide) groups is 1. The first kappa shape index (κ1) is 16.8. The van der Waals surface area contributed by atoms with Gasteiger partial charge in [-0.15, -0.1) is 11.8 Å². The molecule has 4 nitrogen and oxygen atoms in total. The highest BCUT2D eigenvalue weighted by molar-refractivity contribution is 8.00. The average Bonchev–Trinajstić information content (AvgIpc) is 2.91. The highest BCUT2D eigenvalue weighted by atomic mass is 32.2. The van der Waals surface area contributed by atoms with Gasteiger partial charge in [0, 0.05) is 22.4 Å². The van der Waals surface area contributed by atoms with Crippen molar-refractivity contribution in [2.75, 3.05) is 24.3 Å². The van der Waals surface area contributed by atoms with Gasteiger partial charge in [0.1, 0.15) is 0 Å². The van der Waals surface area contributed by atoms with Gasteiger partial charge in [-0.3, -0.25) is 4.79 Å². The second-order valence-electron chi connectivity index (χ2n) is 6.02. The minimum absolute atomic E-state index is 0.0292. The number of hydrogen-bond acceptors (Lipinski definition) is 4. The maximum Gasteiger partial charge on any atom is 0.234 e. The Morgan fingerprint density at radius 2 is 1.77 bits per heavy atom.